The number of benzene rings is 1. The number of H-pyrrole nitrogens is 1. The highest BCUT2D eigenvalue weighted by molar-refractivity contribution is 5.88. The number of nitrogens with one attached hydrogen (secondary N) is 1. The van der Waals surface area contributed by atoms with E-state index in [4.69, 9.17) is 16.6 Å². The molecular formula is C15H16N4O3. The number of guanidine groups is 1. The minimum atomic E-state index is -0.956. The summed E-state index contributed by atoms with van der Waals surface area (Å²) in [4.78, 5) is 28.7. The molecule has 0 unspecified atom stereocenters. The number of aromatic amines is 1. The molecule has 0 aliphatic heterocycles. The lowest BCUT2D eigenvalue weighted by Gasteiger charge is -2.02. The van der Waals surface area contributed by atoms with Gasteiger partial charge in [-0.15, -0.1) is 0 Å². The fourth-order valence-electron chi connectivity index (χ4n) is 2.12. The van der Waals surface area contributed by atoms with Crippen LogP contribution in [0.4, 0.5) is 5.82 Å². The summed E-state index contributed by atoms with van der Waals surface area (Å²) in [5.74, 6) is -0.741. The molecule has 0 aliphatic carbocycles. The van der Waals surface area contributed by atoms with Crippen LogP contribution in [0.25, 0.3) is 0 Å². The Bertz CT molecular complexity index is 713. The molecule has 0 amide bonds. The Labute approximate surface area is 126 Å². The predicted molar refractivity (Wildman–Crippen MR) is 82.5 cm³/mol. The number of carboxylic acid groups (broad SMARTS) is 1. The van der Waals surface area contributed by atoms with Crippen LogP contribution in [0, 0.1) is 0 Å². The largest absolute Gasteiger partial charge is 0.478 e. The van der Waals surface area contributed by atoms with Crippen molar-refractivity contribution in [3.8, 4) is 0 Å². The number of carboxylic acids is 1. The zero-order valence-electron chi connectivity index (χ0n) is 11.7. The fourth-order valence-corrected chi connectivity index (χ4v) is 2.12. The molecule has 7 heteroatoms. The van der Waals surface area contributed by atoms with E-state index in [1.165, 1.54) is 0 Å². The maximum Gasteiger partial charge on any atom is 0.335 e. The summed E-state index contributed by atoms with van der Waals surface area (Å²) in [6.07, 6.45) is 3.68. The Kier molecular flexibility index (Phi) is 4.57. The van der Waals surface area contributed by atoms with Crippen LogP contribution in [0.1, 0.15) is 31.8 Å². The first-order valence-electron chi connectivity index (χ1n) is 6.58. The third kappa shape index (κ3) is 3.51. The van der Waals surface area contributed by atoms with Crippen molar-refractivity contribution in [1.82, 2.24) is 4.98 Å². The summed E-state index contributed by atoms with van der Waals surface area (Å²) in [5.41, 5.74) is 13.1. The molecule has 0 aliphatic rings. The van der Waals surface area contributed by atoms with Gasteiger partial charge in [0.1, 0.15) is 5.82 Å². The number of aromatic nitrogens is 1. The number of nitrogens with zero attached hydrogens (tertiary/aromatic N) is 1. The monoisotopic (exact) mass is 300 g/mol. The summed E-state index contributed by atoms with van der Waals surface area (Å²) in [6.45, 7) is 0. The summed E-state index contributed by atoms with van der Waals surface area (Å²) in [5, 5.41) is 8.85. The topological polar surface area (TPSA) is 135 Å². The first-order valence-corrected chi connectivity index (χ1v) is 6.58. The van der Waals surface area contributed by atoms with Gasteiger partial charge in [0, 0.05) is 6.20 Å². The van der Waals surface area contributed by atoms with Gasteiger partial charge in [-0.25, -0.2) is 4.79 Å². The number of aldehydes is 1. The molecule has 2 rings (SSSR count). The lowest BCUT2D eigenvalue weighted by molar-refractivity contribution is 0.0696. The second-order valence-corrected chi connectivity index (χ2v) is 4.73. The van der Waals surface area contributed by atoms with E-state index >= 15 is 0 Å². The van der Waals surface area contributed by atoms with Crippen LogP contribution in [0.2, 0.25) is 0 Å². The molecule has 0 atom stereocenters. The van der Waals surface area contributed by atoms with Gasteiger partial charge in [-0.3, -0.25) is 4.79 Å². The highest BCUT2D eigenvalue weighted by atomic mass is 16.4. The Morgan fingerprint density at radius 1 is 1.23 bits per heavy atom. The quantitative estimate of drug-likeness (QED) is 0.361. The molecule has 0 fully saturated rings. The van der Waals surface area contributed by atoms with Crippen molar-refractivity contribution in [3.05, 3.63) is 52.7 Å². The van der Waals surface area contributed by atoms with E-state index in [1.807, 2.05) is 0 Å². The van der Waals surface area contributed by atoms with E-state index < -0.39 is 5.97 Å². The van der Waals surface area contributed by atoms with Crippen molar-refractivity contribution in [1.29, 1.82) is 0 Å². The molecule has 0 spiro atoms. The highest BCUT2D eigenvalue weighted by Gasteiger charge is 2.10. The van der Waals surface area contributed by atoms with Gasteiger partial charge in [0.15, 0.2) is 12.2 Å². The molecule has 0 saturated carbocycles. The van der Waals surface area contributed by atoms with E-state index in [0.717, 1.165) is 11.1 Å². The van der Waals surface area contributed by atoms with E-state index in [9.17, 15) is 9.59 Å². The van der Waals surface area contributed by atoms with Crippen molar-refractivity contribution in [3.63, 3.8) is 0 Å². The minimum absolute atomic E-state index is 0.124. The van der Waals surface area contributed by atoms with Crippen LogP contribution in [0.15, 0.2) is 35.5 Å². The molecule has 2 aromatic rings. The molecule has 0 saturated heterocycles. The first-order chi connectivity index (χ1) is 10.5. The van der Waals surface area contributed by atoms with Crippen LogP contribution in [-0.2, 0) is 12.8 Å². The summed E-state index contributed by atoms with van der Waals surface area (Å²) in [7, 11) is 0. The lowest BCUT2D eigenvalue weighted by atomic mass is 10.0. The Morgan fingerprint density at radius 3 is 2.45 bits per heavy atom. The van der Waals surface area contributed by atoms with Gasteiger partial charge in [0.25, 0.3) is 0 Å². The molecular weight excluding hydrogens is 284 g/mol. The Hall–Kier alpha value is -3.09. The molecule has 1 heterocycles. The summed E-state index contributed by atoms with van der Waals surface area (Å²) < 4.78 is 0. The van der Waals surface area contributed by atoms with E-state index in [-0.39, 0.29) is 11.5 Å². The third-order valence-corrected chi connectivity index (χ3v) is 3.23. The number of hydrogen-bond acceptors (Lipinski definition) is 3. The van der Waals surface area contributed by atoms with Gasteiger partial charge >= 0.3 is 5.97 Å². The Morgan fingerprint density at radius 2 is 1.91 bits per heavy atom. The smallest absolute Gasteiger partial charge is 0.335 e. The average Bonchev–Trinajstić information content (AvgIpc) is 2.86. The lowest BCUT2D eigenvalue weighted by Crippen LogP contribution is -2.22. The number of carbonyl (C=O) groups is 2. The minimum Gasteiger partial charge on any atom is -0.478 e. The maximum atomic E-state index is 11.2. The van der Waals surface area contributed by atoms with Crippen molar-refractivity contribution in [2.24, 2.45) is 16.5 Å². The molecule has 1 aromatic heterocycles. The van der Waals surface area contributed by atoms with E-state index in [2.05, 4.69) is 9.98 Å². The number of aliphatic imine (C=N–C) groups is 1. The molecule has 0 radical (unpaired) electrons. The summed E-state index contributed by atoms with van der Waals surface area (Å²) >= 11 is 0. The molecule has 1 aromatic carbocycles. The van der Waals surface area contributed by atoms with Crippen molar-refractivity contribution < 1.29 is 14.7 Å². The number of hydrogen-bond donors (Lipinski definition) is 4. The number of aryl methyl sites for hydroxylation is 2. The van der Waals surface area contributed by atoms with Gasteiger partial charge in [0.05, 0.1) is 11.1 Å². The van der Waals surface area contributed by atoms with Crippen molar-refractivity contribution in [2.75, 3.05) is 0 Å². The number of aromatic carboxylic acids is 1. The van der Waals surface area contributed by atoms with E-state index in [1.54, 1.807) is 30.5 Å². The summed E-state index contributed by atoms with van der Waals surface area (Å²) in [6, 6.07) is 6.63. The van der Waals surface area contributed by atoms with Crippen LogP contribution < -0.4 is 11.5 Å². The van der Waals surface area contributed by atoms with Crippen LogP contribution >= 0.6 is 0 Å². The molecule has 22 heavy (non-hydrogen) atoms. The number of carbonyl (C=O) groups excluding carboxylic acids is 1. The van der Waals surface area contributed by atoms with Crippen molar-refractivity contribution >= 4 is 24.0 Å². The van der Waals surface area contributed by atoms with Crippen molar-refractivity contribution in [2.45, 2.75) is 12.8 Å². The first kappa shape index (κ1) is 15.3. The van der Waals surface area contributed by atoms with E-state index in [0.29, 0.717) is 30.5 Å². The molecule has 7 nitrogen and oxygen atoms in total. The highest BCUT2D eigenvalue weighted by Crippen LogP contribution is 2.21. The zero-order chi connectivity index (χ0) is 16.1. The number of rotatable bonds is 6. The average molecular weight is 300 g/mol. The van der Waals surface area contributed by atoms with Gasteiger partial charge in [-0.2, -0.15) is 4.99 Å². The molecule has 114 valence electrons. The standard InChI is InChI=1S/C15H16N4O3/c16-15(17)19-13-12(8-20)11(7-18-13)6-3-9-1-4-10(5-2-9)14(21)22/h1-2,4-5,7-8,18H,3,6H2,(H,21,22)(H4,16,17,19). The third-order valence-electron chi connectivity index (χ3n) is 3.23. The predicted octanol–water partition coefficient (Wildman–Crippen LogP) is 1.22. The Balaban J connectivity index is 2.11. The molecule has 6 N–H and O–H groups in total. The van der Waals surface area contributed by atoms with Gasteiger partial charge in [-0.05, 0) is 36.1 Å². The normalized spacial score (nSPS) is 10.2. The zero-order valence-corrected chi connectivity index (χ0v) is 11.7. The van der Waals surface area contributed by atoms with Gasteiger partial charge in [-0.1, -0.05) is 12.1 Å². The van der Waals surface area contributed by atoms with Crippen LogP contribution in [0.3, 0.4) is 0 Å². The second kappa shape index (κ2) is 6.57. The van der Waals surface area contributed by atoms with Gasteiger partial charge in [0.2, 0.25) is 0 Å². The SMILES string of the molecule is NC(N)=Nc1[nH]cc(CCc2ccc(C(=O)O)cc2)c1C=O. The molecule has 0 bridgehead atoms. The van der Waals surface area contributed by atoms with Crippen LogP contribution in [-0.4, -0.2) is 28.3 Å². The fraction of sp³-hybridized carbons (Fsp3) is 0.133. The second-order valence-electron chi connectivity index (χ2n) is 4.73. The maximum absolute atomic E-state index is 11.2. The van der Waals surface area contributed by atoms with Crippen LogP contribution in [0.5, 0.6) is 0 Å². The van der Waals surface area contributed by atoms with Gasteiger partial charge < -0.3 is 21.6 Å². The number of nitrogens with two attached hydrogens (primary N) is 2.